The topological polar surface area (TPSA) is 40.5 Å². The molecule has 2 heterocycles. The highest BCUT2D eigenvalue weighted by Crippen LogP contribution is 2.48. The number of carboxylic acids is 1. The Morgan fingerprint density at radius 3 is 2.70 bits per heavy atom. The first-order valence-corrected chi connectivity index (χ1v) is 7.27. The van der Waals surface area contributed by atoms with Gasteiger partial charge in [0.15, 0.2) is 5.41 Å². The van der Waals surface area contributed by atoms with Gasteiger partial charge in [-0.15, -0.1) is 11.3 Å². The van der Waals surface area contributed by atoms with Gasteiger partial charge in [-0.25, -0.2) is 0 Å². The molecule has 1 fully saturated rings. The van der Waals surface area contributed by atoms with Crippen molar-refractivity contribution in [2.24, 2.45) is 5.41 Å². The Labute approximate surface area is 119 Å². The van der Waals surface area contributed by atoms with Crippen LogP contribution in [0.2, 0.25) is 0 Å². The minimum atomic E-state index is -4.72. The first-order chi connectivity index (χ1) is 9.32. The number of thiophene rings is 1. The highest BCUT2D eigenvalue weighted by Gasteiger charge is 2.64. The van der Waals surface area contributed by atoms with Crippen LogP contribution in [-0.2, 0) is 4.79 Å². The van der Waals surface area contributed by atoms with E-state index in [1.165, 1.54) is 11.3 Å². The minimum Gasteiger partial charge on any atom is -0.481 e. The van der Waals surface area contributed by atoms with Crippen LogP contribution in [0.5, 0.6) is 0 Å². The lowest BCUT2D eigenvalue weighted by Gasteiger charge is -2.30. The lowest BCUT2D eigenvalue weighted by molar-refractivity contribution is -0.228. The zero-order valence-corrected chi connectivity index (χ0v) is 11.8. The zero-order valence-electron chi connectivity index (χ0n) is 11.0. The fraction of sp³-hybridized carbons (Fsp3) is 0.615. The average molecular weight is 307 g/mol. The molecule has 1 N–H and O–H groups in total. The van der Waals surface area contributed by atoms with Crippen LogP contribution in [0.1, 0.15) is 30.7 Å². The molecule has 112 valence electrons. The van der Waals surface area contributed by atoms with Crippen LogP contribution in [0.25, 0.3) is 0 Å². The maximum Gasteiger partial charge on any atom is 0.406 e. The third-order valence-corrected chi connectivity index (χ3v) is 4.92. The van der Waals surface area contributed by atoms with Crippen molar-refractivity contribution in [3.8, 4) is 0 Å². The van der Waals surface area contributed by atoms with Gasteiger partial charge in [-0.1, -0.05) is 13.0 Å². The van der Waals surface area contributed by atoms with Crippen molar-refractivity contribution < 1.29 is 23.1 Å². The van der Waals surface area contributed by atoms with E-state index in [1.807, 2.05) is 24.4 Å². The molecule has 1 aliphatic rings. The number of carbonyl (C=O) groups is 1. The summed E-state index contributed by atoms with van der Waals surface area (Å²) in [6, 6.07) is 3.60. The summed E-state index contributed by atoms with van der Waals surface area (Å²) < 4.78 is 39.4. The summed E-state index contributed by atoms with van der Waals surface area (Å²) in [6.45, 7) is 1.59. The van der Waals surface area contributed by atoms with Crippen molar-refractivity contribution in [3.05, 3.63) is 22.4 Å². The Kier molecular flexibility index (Phi) is 4.11. The third-order valence-electron chi connectivity index (χ3n) is 3.95. The SMILES string of the molecule is CCC(c1cccs1)N1CCC(C(=O)O)(C(F)(F)F)C1. The minimum absolute atomic E-state index is 0.140. The number of carboxylic acid groups (broad SMARTS) is 1. The second-order valence-corrected chi connectivity index (χ2v) is 6.02. The van der Waals surface area contributed by atoms with Crippen molar-refractivity contribution in [3.63, 3.8) is 0 Å². The molecule has 2 rings (SSSR count). The van der Waals surface area contributed by atoms with E-state index in [2.05, 4.69) is 0 Å². The smallest absolute Gasteiger partial charge is 0.406 e. The normalized spacial score (nSPS) is 25.8. The summed E-state index contributed by atoms with van der Waals surface area (Å²) in [6.07, 6.45) is -4.44. The molecule has 0 aliphatic carbocycles. The summed E-state index contributed by atoms with van der Waals surface area (Å²) in [5.74, 6) is -1.77. The molecule has 2 atom stereocenters. The van der Waals surface area contributed by atoms with Gasteiger partial charge in [0.05, 0.1) is 0 Å². The van der Waals surface area contributed by atoms with Crippen LogP contribution in [0.3, 0.4) is 0 Å². The summed E-state index contributed by atoms with van der Waals surface area (Å²) in [7, 11) is 0. The molecule has 0 amide bonds. The molecule has 1 aliphatic heterocycles. The van der Waals surface area contributed by atoms with Gasteiger partial charge in [0.25, 0.3) is 0 Å². The van der Waals surface area contributed by atoms with E-state index in [9.17, 15) is 18.0 Å². The molecule has 1 aromatic rings. The molecule has 1 aromatic heterocycles. The quantitative estimate of drug-likeness (QED) is 0.925. The predicted octanol–water partition coefficient (Wildman–Crippen LogP) is 3.54. The van der Waals surface area contributed by atoms with Gasteiger partial charge in [-0.05, 0) is 24.3 Å². The van der Waals surface area contributed by atoms with E-state index in [1.54, 1.807) is 4.90 Å². The van der Waals surface area contributed by atoms with Crippen molar-refractivity contribution in [2.75, 3.05) is 13.1 Å². The molecule has 3 nitrogen and oxygen atoms in total. The Hall–Kier alpha value is -1.08. The Morgan fingerprint density at radius 2 is 2.30 bits per heavy atom. The van der Waals surface area contributed by atoms with Gasteiger partial charge >= 0.3 is 12.1 Å². The fourth-order valence-corrected chi connectivity index (χ4v) is 3.70. The molecule has 0 radical (unpaired) electrons. The molecular formula is C13H16F3NO2S. The number of aliphatic carboxylic acids is 1. The largest absolute Gasteiger partial charge is 0.481 e. The van der Waals surface area contributed by atoms with Gasteiger partial charge < -0.3 is 5.11 Å². The van der Waals surface area contributed by atoms with Gasteiger partial charge in [0.1, 0.15) is 0 Å². The van der Waals surface area contributed by atoms with Gasteiger partial charge in [-0.2, -0.15) is 13.2 Å². The molecule has 1 saturated heterocycles. The highest BCUT2D eigenvalue weighted by molar-refractivity contribution is 7.10. The average Bonchev–Trinajstić information content (AvgIpc) is 2.98. The lowest BCUT2D eigenvalue weighted by atomic mass is 9.86. The first-order valence-electron chi connectivity index (χ1n) is 6.39. The number of hydrogen-bond acceptors (Lipinski definition) is 3. The van der Waals surface area contributed by atoms with Crippen molar-refractivity contribution in [1.29, 1.82) is 0 Å². The van der Waals surface area contributed by atoms with E-state index in [0.29, 0.717) is 6.42 Å². The Morgan fingerprint density at radius 1 is 1.60 bits per heavy atom. The monoisotopic (exact) mass is 307 g/mol. The van der Waals surface area contributed by atoms with Crippen molar-refractivity contribution >= 4 is 17.3 Å². The molecule has 0 saturated carbocycles. The molecule has 2 unspecified atom stereocenters. The second-order valence-electron chi connectivity index (χ2n) is 5.04. The van der Waals surface area contributed by atoms with Crippen molar-refractivity contribution in [2.45, 2.75) is 32.0 Å². The Balaban J connectivity index is 2.24. The van der Waals surface area contributed by atoms with Crippen molar-refractivity contribution in [1.82, 2.24) is 4.90 Å². The van der Waals surface area contributed by atoms with E-state index in [-0.39, 0.29) is 19.0 Å². The summed E-state index contributed by atoms with van der Waals surface area (Å²) in [5.41, 5.74) is -2.63. The number of hydrogen-bond donors (Lipinski definition) is 1. The number of halogens is 3. The van der Waals surface area contributed by atoms with E-state index < -0.39 is 24.1 Å². The number of nitrogens with zero attached hydrogens (tertiary/aromatic N) is 1. The maximum absolute atomic E-state index is 13.1. The molecule has 0 aromatic carbocycles. The predicted molar refractivity (Wildman–Crippen MR) is 69.7 cm³/mol. The molecular weight excluding hydrogens is 291 g/mol. The maximum atomic E-state index is 13.1. The van der Waals surface area contributed by atoms with Gasteiger partial charge in [-0.3, -0.25) is 9.69 Å². The highest BCUT2D eigenvalue weighted by atomic mass is 32.1. The van der Waals surface area contributed by atoms with Gasteiger partial charge in [0.2, 0.25) is 0 Å². The second kappa shape index (κ2) is 5.37. The van der Waals surface area contributed by atoms with Crippen LogP contribution < -0.4 is 0 Å². The third kappa shape index (κ3) is 2.44. The van der Waals surface area contributed by atoms with Crippen LogP contribution in [-0.4, -0.2) is 35.2 Å². The standard InChI is InChI=1S/C13H16F3NO2S/c1-2-9(10-4-3-7-20-10)17-6-5-12(8-17,11(18)19)13(14,15)16/h3-4,7,9H,2,5-6,8H2,1H3,(H,18,19). The molecule has 20 heavy (non-hydrogen) atoms. The lowest BCUT2D eigenvalue weighted by Crippen LogP contribution is -2.47. The fourth-order valence-electron chi connectivity index (χ4n) is 2.75. The van der Waals surface area contributed by atoms with Crippen LogP contribution in [0.4, 0.5) is 13.2 Å². The van der Waals surface area contributed by atoms with E-state index in [4.69, 9.17) is 5.11 Å². The van der Waals surface area contributed by atoms with E-state index in [0.717, 1.165) is 4.88 Å². The molecule has 7 heteroatoms. The number of likely N-dealkylation sites (tertiary alicyclic amines) is 1. The molecule has 0 spiro atoms. The number of alkyl halides is 3. The zero-order chi connectivity index (χ0) is 15.0. The molecule has 0 bridgehead atoms. The van der Waals surface area contributed by atoms with Crippen LogP contribution in [0, 0.1) is 5.41 Å². The summed E-state index contributed by atoms with van der Waals surface area (Å²) in [5, 5.41) is 10.9. The van der Waals surface area contributed by atoms with E-state index >= 15 is 0 Å². The summed E-state index contributed by atoms with van der Waals surface area (Å²) in [4.78, 5) is 13.8. The summed E-state index contributed by atoms with van der Waals surface area (Å²) >= 11 is 1.49. The van der Waals surface area contributed by atoms with Crippen LogP contribution >= 0.6 is 11.3 Å². The first kappa shape index (κ1) is 15.3. The van der Waals surface area contributed by atoms with Crippen LogP contribution in [0.15, 0.2) is 17.5 Å². The Bertz CT molecular complexity index is 474. The number of rotatable bonds is 4. The van der Waals surface area contributed by atoms with Gasteiger partial charge in [0, 0.05) is 24.0 Å².